The van der Waals surface area contributed by atoms with Crippen LogP contribution in [0.2, 0.25) is 0 Å². The van der Waals surface area contributed by atoms with Gasteiger partial charge in [-0.15, -0.1) is 0 Å². The van der Waals surface area contributed by atoms with Crippen LogP contribution in [0.5, 0.6) is 0 Å². The van der Waals surface area contributed by atoms with E-state index in [0.717, 1.165) is 6.42 Å². The first kappa shape index (κ1) is 16.9. The molecular formula is C16H28O2. The Labute approximate surface area is 112 Å². The first-order chi connectivity index (χ1) is 8.77. The van der Waals surface area contributed by atoms with Crippen LogP contribution >= 0.6 is 0 Å². The number of rotatable bonds is 11. The van der Waals surface area contributed by atoms with E-state index < -0.39 is 0 Å². The summed E-state index contributed by atoms with van der Waals surface area (Å²) in [4.78, 5) is 10.5. The van der Waals surface area contributed by atoms with Gasteiger partial charge in [-0.2, -0.15) is 0 Å². The van der Waals surface area contributed by atoms with Crippen molar-refractivity contribution in [3.05, 3.63) is 24.3 Å². The number of allylic oxidation sites excluding steroid dienone is 4. The van der Waals surface area contributed by atoms with Crippen molar-refractivity contribution < 1.29 is 9.53 Å². The number of hydrogen-bond donors (Lipinski definition) is 0. The molecule has 0 aromatic rings. The minimum atomic E-state index is -0.166. The van der Waals surface area contributed by atoms with E-state index in [4.69, 9.17) is 4.74 Å². The third-order valence-corrected chi connectivity index (χ3v) is 2.76. The van der Waals surface area contributed by atoms with Crippen molar-refractivity contribution in [2.24, 2.45) is 0 Å². The molecule has 0 spiro atoms. The zero-order chi connectivity index (χ0) is 13.5. The summed E-state index contributed by atoms with van der Waals surface area (Å²) >= 11 is 0. The zero-order valence-corrected chi connectivity index (χ0v) is 12.0. The molecule has 0 fully saturated rings. The van der Waals surface area contributed by atoms with Gasteiger partial charge in [-0.25, -0.2) is 0 Å². The smallest absolute Gasteiger partial charge is 0.302 e. The second-order valence-corrected chi connectivity index (χ2v) is 4.56. The first-order valence-corrected chi connectivity index (χ1v) is 7.18. The predicted molar refractivity (Wildman–Crippen MR) is 77.5 cm³/mol. The molecular weight excluding hydrogens is 224 g/mol. The molecule has 0 aliphatic rings. The Morgan fingerprint density at radius 3 is 2.17 bits per heavy atom. The van der Waals surface area contributed by atoms with Crippen LogP contribution in [0.4, 0.5) is 0 Å². The van der Waals surface area contributed by atoms with Crippen molar-refractivity contribution in [2.75, 3.05) is 6.61 Å². The van der Waals surface area contributed by atoms with Gasteiger partial charge < -0.3 is 4.74 Å². The molecule has 0 aliphatic heterocycles. The van der Waals surface area contributed by atoms with Crippen LogP contribution in [-0.4, -0.2) is 12.6 Å². The largest absolute Gasteiger partial charge is 0.466 e. The number of ether oxygens (including phenoxy) is 1. The lowest BCUT2D eigenvalue weighted by Gasteiger charge is -2.02. The maximum atomic E-state index is 10.5. The zero-order valence-electron chi connectivity index (χ0n) is 12.0. The van der Waals surface area contributed by atoms with Gasteiger partial charge in [-0.1, -0.05) is 56.4 Å². The molecule has 0 radical (unpaired) electrons. The molecule has 0 amide bonds. The van der Waals surface area contributed by atoms with Crippen LogP contribution in [0.3, 0.4) is 0 Å². The van der Waals surface area contributed by atoms with Gasteiger partial charge in [0.15, 0.2) is 0 Å². The lowest BCUT2D eigenvalue weighted by atomic mass is 10.1. The Morgan fingerprint density at radius 2 is 1.56 bits per heavy atom. The summed E-state index contributed by atoms with van der Waals surface area (Å²) in [6.45, 7) is 4.08. The summed E-state index contributed by atoms with van der Waals surface area (Å²) < 4.78 is 4.88. The Bertz CT molecular complexity index is 241. The molecule has 0 N–H and O–H groups in total. The summed E-state index contributed by atoms with van der Waals surface area (Å²) in [7, 11) is 0. The van der Waals surface area contributed by atoms with Gasteiger partial charge in [0.2, 0.25) is 0 Å². The highest BCUT2D eigenvalue weighted by molar-refractivity contribution is 5.65. The lowest BCUT2D eigenvalue weighted by molar-refractivity contribution is -0.141. The van der Waals surface area contributed by atoms with Crippen LogP contribution in [0, 0.1) is 0 Å². The summed E-state index contributed by atoms with van der Waals surface area (Å²) in [6.07, 6.45) is 18.4. The van der Waals surface area contributed by atoms with Crippen molar-refractivity contribution in [3.63, 3.8) is 0 Å². The van der Waals surface area contributed by atoms with E-state index in [1.807, 2.05) is 13.0 Å². The quantitative estimate of drug-likeness (QED) is 0.300. The molecule has 0 unspecified atom stereocenters. The maximum absolute atomic E-state index is 10.5. The molecule has 0 atom stereocenters. The van der Waals surface area contributed by atoms with Crippen molar-refractivity contribution in [3.8, 4) is 0 Å². The van der Waals surface area contributed by atoms with E-state index in [0.29, 0.717) is 6.61 Å². The number of carbonyl (C=O) groups is 1. The van der Waals surface area contributed by atoms with Crippen molar-refractivity contribution in [2.45, 2.75) is 65.2 Å². The third-order valence-electron chi connectivity index (χ3n) is 2.76. The fraction of sp³-hybridized carbons (Fsp3) is 0.688. The number of hydrogen-bond acceptors (Lipinski definition) is 2. The number of carbonyl (C=O) groups excluding carboxylic acids is 1. The Morgan fingerprint density at radius 1 is 0.944 bits per heavy atom. The van der Waals surface area contributed by atoms with Crippen LogP contribution in [0.1, 0.15) is 65.2 Å². The van der Waals surface area contributed by atoms with Crippen LogP contribution < -0.4 is 0 Å². The average molecular weight is 252 g/mol. The second-order valence-electron chi connectivity index (χ2n) is 4.56. The van der Waals surface area contributed by atoms with Gasteiger partial charge in [0.1, 0.15) is 0 Å². The van der Waals surface area contributed by atoms with Gasteiger partial charge in [0, 0.05) is 6.92 Å². The normalized spacial score (nSPS) is 11.4. The molecule has 104 valence electrons. The lowest BCUT2D eigenvalue weighted by Crippen LogP contribution is -1.99. The van der Waals surface area contributed by atoms with Gasteiger partial charge in [-0.05, 0) is 26.2 Å². The number of esters is 1. The fourth-order valence-corrected chi connectivity index (χ4v) is 1.75. The van der Waals surface area contributed by atoms with E-state index in [1.54, 1.807) is 0 Å². The highest BCUT2D eigenvalue weighted by Crippen LogP contribution is 2.09. The molecule has 0 rings (SSSR count). The highest BCUT2D eigenvalue weighted by Gasteiger charge is 1.94. The van der Waals surface area contributed by atoms with Crippen molar-refractivity contribution >= 4 is 5.97 Å². The second kappa shape index (κ2) is 14.0. The molecule has 2 nitrogen and oxygen atoms in total. The molecule has 18 heavy (non-hydrogen) atoms. The maximum Gasteiger partial charge on any atom is 0.302 e. The van der Waals surface area contributed by atoms with Gasteiger partial charge in [-0.3, -0.25) is 4.79 Å². The molecule has 0 heterocycles. The summed E-state index contributed by atoms with van der Waals surface area (Å²) in [5.41, 5.74) is 0. The summed E-state index contributed by atoms with van der Waals surface area (Å²) in [5.74, 6) is -0.166. The van der Waals surface area contributed by atoms with E-state index in [9.17, 15) is 4.79 Å². The first-order valence-electron chi connectivity index (χ1n) is 7.18. The van der Waals surface area contributed by atoms with Crippen molar-refractivity contribution in [1.29, 1.82) is 0 Å². The van der Waals surface area contributed by atoms with Crippen molar-refractivity contribution in [1.82, 2.24) is 0 Å². The minimum absolute atomic E-state index is 0.166. The average Bonchev–Trinajstić information content (AvgIpc) is 2.34. The van der Waals surface area contributed by atoms with Crippen LogP contribution in [0.15, 0.2) is 24.3 Å². The van der Waals surface area contributed by atoms with Crippen LogP contribution in [-0.2, 0) is 9.53 Å². The fourth-order valence-electron chi connectivity index (χ4n) is 1.75. The van der Waals surface area contributed by atoms with E-state index >= 15 is 0 Å². The van der Waals surface area contributed by atoms with Gasteiger partial charge >= 0.3 is 5.97 Å². The standard InChI is InChI=1S/C16H28O2/c1-3-4-5-6-7-8-9-10-11-12-13-14-15-18-16(2)17/h3-6H,7-15H2,1-2H3/b4-3+,6-5+. The van der Waals surface area contributed by atoms with E-state index in [2.05, 4.69) is 18.2 Å². The van der Waals surface area contributed by atoms with Gasteiger partial charge in [0.05, 0.1) is 6.61 Å². The number of unbranched alkanes of at least 4 members (excludes halogenated alkanes) is 7. The van der Waals surface area contributed by atoms with E-state index in [-0.39, 0.29) is 5.97 Å². The molecule has 2 heteroatoms. The Balaban J connectivity index is 3.05. The SMILES string of the molecule is C/C=C/C=C/CCCCCCCCCOC(C)=O. The predicted octanol–water partition coefficient (Wildman–Crippen LogP) is 4.80. The van der Waals surface area contributed by atoms with Crippen LogP contribution in [0.25, 0.3) is 0 Å². The third kappa shape index (κ3) is 14.9. The molecule has 0 saturated heterocycles. The molecule has 0 aliphatic carbocycles. The minimum Gasteiger partial charge on any atom is -0.466 e. The molecule has 0 aromatic heterocycles. The topological polar surface area (TPSA) is 26.3 Å². The summed E-state index contributed by atoms with van der Waals surface area (Å²) in [6, 6.07) is 0. The Kier molecular flexibility index (Phi) is 13.2. The van der Waals surface area contributed by atoms with E-state index in [1.165, 1.54) is 51.9 Å². The summed E-state index contributed by atoms with van der Waals surface area (Å²) in [5, 5.41) is 0. The molecule has 0 aromatic carbocycles. The highest BCUT2D eigenvalue weighted by atomic mass is 16.5. The monoisotopic (exact) mass is 252 g/mol. The van der Waals surface area contributed by atoms with Gasteiger partial charge in [0.25, 0.3) is 0 Å². The molecule has 0 saturated carbocycles. The Hall–Kier alpha value is -1.05. The molecule has 0 bridgehead atoms.